The molecule has 7 heteroatoms. The van der Waals surface area contributed by atoms with Crippen molar-refractivity contribution in [1.29, 1.82) is 0 Å². The molecule has 1 aliphatic rings. The fraction of sp³-hybridized carbons (Fsp3) is 0.154. The van der Waals surface area contributed by atoms with Crippen LogP contribution in [0.3, 0.4) is 0 Å². The van der Waals surface area contributed by atoms with Gasteiger partial charge in [0.1, 0.15) is 0 Å². The second-order valence-corrected chi connectivity index (χ2v) is 26.1. The maximum absolute atomic E-state index is 7.33. The summed E-state index contributed by atoms with van der Waals surface area (Å²) in [5.74, 6) is 1.89. The minimum absolute atomic E-state index is 0.148. The van der Waals surface area contributed by atoms with Crippen LogP contribution in [0.4, 0.5) is 34.3 Å². The maximum atomic E-state index is 7.33. The molecule has 13 rings (SSSR count). The van der Waals surface area contributed by atoms with Gasteiger partial charge in [-0.05, 0) is 58.4 Å². The Labute approximate surface area is 511 Å². The molecule has 6 nitrogen and oxygen atoms in total. The van der Waals surface area contributed by atoms with E-state index >= 15 is 0 Å². The first-order valence-corrected chi connectivity index (χ1v) is 30.3. The van der Waals surface area contributed by atoms with Crippen LogP contribution in [0, 0.1) is 15.9 Å². The Kier molecular flexibility index (Phi) is 14.2. The molecule has 0 atom stereocenters. The zero-order chi connectivity index (χ0) is 58.8. The van der Waals surface area contributed by atoms with Crippen LogP contribution in [0.5, 0.6) is 11.5 Å². The number of rotatable bonds is 8. The minimum atomic E-state index is -0.264. The fourth-order valence-corrected chi connectivity index (χ4v) is 12.8. The van der Waals surface area contributed by atoms with E-state index in [4.69, 9.17) is 9.72 Å². The van der Waals surface area contributed by atoms with Crippen molar-refractivity contribution >= 4 is 45.3 Å². The van der Waals surface area contributed by atoms with Crippen LogP contribution < -0.4 is 14.5 Å². The van der Waals surface area contributed by atoms with Gasteiger partial charge in [-0.1, -0.05) is 96.1 Å². The zero-order valence-electron chi connectivity index (χ0n) is 49.6. The third-order valence-corrected chi connectivity index (χ3v) is 17.3. The van der Waals surface area contributed by atoms with E-state index in [-0.39, 0.29) is 16.2 Å². The quantitative estimate of drug-likeness (QED) is 0.142. The molecule has 85 heavy (non-hydrogen) atoms. The number of hydrogen-bond acceptors (Lipinski definition) is 4. The number of benzene rings is 10. The van der Waals surface area contributed by atoms with E-state index in [9.17, 15) is 0 Å². The molecule has 0 saturated heterocycles. The van der Waals surface area contributed by atoms with Gasteiger partial charge in [0.2, 0.25) is 0 Å². The van der Waals surface area contributed by atoms with E-state index in [1.807, 2.05) is 6.20 Å². The van der Waals surface area contributed by atoms with Gasteiger partial charge in [0.15, 0.2) is 0 Å². The first kappa shape index (κ1) is 55.1. The molecule has 0 unspecified atom stereocenters. The molecule has 3 heterocycles. The van der Waals surface area contributed by atoms with Crippen molar-refractivity contribution in [2.45, 2.75) is 78.6 Å². The Morgan fingerprint density at radius 2 is 0.906 bits per heavy atom. The molecule has 12 aromatic rings. The summed E-state index contributed by atoms with van der Waals surface area (Å²) in [7, 11) is 0. The summed E-state index contributed by atoms with van der Waals surface area (Å²) in [5, 5.41) is 0. The molecule has 0 spiro atoms. The van der Waals surface area contributed by atoms with Crippen LogP contribution in [0.15, 0.2) is 243 Å². The predicted octanol–water partition coefficient (Wildman–Crippen LogP) is 21.1. The predicted molar refractivity (Wildman–Crippen MR) is 349 cm³/mol. The molecule has 0 fully saturated rings. The van der Waals surface area contributed by atoms with E-state index < -0.39 is 0 Å². The molecule has 2 aromatic heterocycles. The summed E-state index contributed by atoms with van der Waals surface area (Å²) >= 11 is 2.52. The second kappa shape index (κ2) is 21.8. The van der Waals surface area contributed by atoms with Crippen molar-refractivity contribution < 1.29 is 24.1 Å². The van der Waals surface area contributed by atoms with Crippen molar-refractivity contribution in [3.05, 3.63) is 275 Å². The monoisotopic (exact) mass is 1280 g/mol. The summed E-state index contributed by atoms with van der Waals surface area (Å²) in [6.45, 7) is 20.4. The molecule has 422 valence electrons. The molecular weight excluding hydrogens is 1220 g/mol. The Balaban J connectivity index is 1.05. The molecule has 10 aromatic carbocycles. The van der Waals surface area contributed by atoms with Crippen LogP contribution in [0.25, 0.3) is 66.9 Å². The summed E-state index contributed by atoms with van der Waals surface area (Å²) in [6.07, 6.45) is 1.95. The van der Waals surface area contributed by atoms with Gasteiger partial charge in [-0.25, -0.2) is 0 Å². The third-order valence-electron chi connectivity index (χ3n) is 16.2. The van der Waals surface area contributed by atoms with Gasteiger partial charge in [-0.15, -0.1) is 0 Å². The van der Waals surface area contributed by atoms with Crippen molar-refractivity contribution in [3.63, 3.8) is 0 Å². The first-order valence-electron chi connectivity index (χ1n) is 29.2. The molecule has 0 radical (unpaired) electrons. The average molecular weight is 1290 g/mol. The van der Waals surface area contributed by atoms with Crippen LogP contribution in [-0.4, -0.2) is 14.1 Å². The van der Waals surface area contributed by atoms with Crippen LogP contribution in [-0.2, 0) is 35.6 Å². The van der Waals surface area contributed by atoms with Crippen LogP contribution in [0.2, 0.25) is 0 Å². The van der Waals surface area contributed by atoms with Gasteiger partial charge in [0.25, 0.3) is 0 Å². The number of ether oxygens (including phenoxy) is 1. The van der Waals surface area contributed by atoms with Crippen LogP contribution in [0.1, 0.15) is 79.0 Å². The first-order chi connectivity index (χ1) is 41.0. The number of fused-ring (bicyclic) bond motifs is 7. The molecule has 0 amide bonds. The topological polar surface area (TPSA) is 38.5 Å². The van der Waals surface area contributed by atoms with Gasteiger partial charge in [0.05, 0.1) is 5.69 Å². The van der Waals surface area contributed by atoms with Gasteiger partial charge >= 0.3 is 332 Å². The number of pyridine rings is 1. The molecule has 0 bridgehead atoms. The van der Waals surface area contributed by atoms with Gasteiger partial charge in [-0.2, -0.15) is 0 Å². The van der Waals surface area contributed by atoms with E-state index in [0.29, 0.717) is 11.5 Å². The number of hydrogen-bond donors (Lipinski definition) is 0. The standard InChI is InChI=1S/C78H67N5O.Pt/c1-76(2,3)55-40-43-70-67(48-55)65-33-20-22-37-69(65)82(58-30-17-12-18-31-58)68-36-21-19-32-64(68)66-42-41-60(51-73(66)83(70)74-49-56(44-45-79-74)77(4,5)6)84-61-47-57(78(7,8)9)46-59(50-61)80-52-81(72-39-24-23-38-71(72)80)75-62(53-26-13-10-14-27-53)34-25-35-63(75)54-28-15-11-16-29-54;/h10-49H,1-9H3;/q-2;. The van der Waals surface area contributed by atoms with Crippen molar-refractivity contribution in [3.8, 4) is 67.4 Å². The average Bonchev–Trinajstić information content (AvgIpc) is 2.38. The molecule has 0 saturated carbocycles. The van der Waals surface area contributed by atoms with Crippen molar-refractivity contribution in [2.24, 2.45) is 0 Å². The van der Waals surface area contributed by atoms with E-state index in [1.165, 1.54) is 11.1 Å². The zero-order valence-corrected chi connectivity index (χ0v) is 51.8. The van der Waals surface area contributed by atoms with E-state index in [1.54, 1.807) is 0 Å². The summed E-state index contributed by atoms with van der Waals surface area (Å²) < 4.78 is 13.1. The third kappa shape index (κ3) is 10.4. The van der Waals surface area contributed by atoms with E-state index in [0.717, 1.165) is 111 Å². The number of nitrogens with zero attached hydrogens (tertiary/aromatic N) is 5. The van der Waals surface area contributed by atoms with E-state index in [2.05, 4.69) is 349 Å². The summed E-state index contributed by atoms with van der Waals surface area (Å²) in [6, 6.07) is 92.9. The van der Waals surface area contributed by atoms with Gasteiger partial charge in [-0.3, -0.25) is 0 Å². The Bertz CT molecular complexity index is 4480. The summed E-state index contributed by atoms with van der Waals surface area (Å²) in [4.78, 5) is 10.0. The fourth-order valence-electron chi connectivity index (χ4n) is 11.8. The SMILES string of the molecule is CC(C)(C)c1cc(Oc2[c-]c3c(cc2)-c2ccccc2N(c2ccccc2)c2ccccc2-c2cc(C(C)(C)C)ccc2N3c2cc(C(C)(C)C)ccn2)[c-]c(-n2[c](=[Pt])n(-c3c(-c4ccccc4)cccc3-c3ccccc3)c3ccccc32)c1. The Hall–Kier alpha value is -9.09. The van der Waals surface area contributed by atoms with Gasteiger partial charge in [0, 0.05) is 17.4 Å². The summed E-state index contributed by atoms with van der Waals surface area (Å²) in [5.41, 5.74) is 20.6. The number of para-hydroxylation sites is 6. The Morgan fingerprint density at radius 1 is 0.388 bits per heavy atom. The van der Waals surface area contributed by atoms with Crippen molar-refractivity contribution in [2.75, 3.05) is 9.80 Å². The number of imidazole rings is 1. The molecular formula is C78H67N5OPt-2. The molecule has 0 N–H and O–H groups in total. The molecule has 1 aliphatic heterocycles. The number of aromatic nitrogens is 3. The van der Waals surface area contributed by atoms with Gasteiger partial charge < -0.3 is 4.90 Å². The second-order valence-electron chi connectivity index (χ2n) is 25.1. The normalized spacial score (nSPS) is 12.6. The van der Waals surface area contributed by atoms with Crippen LogP contribution >= 0.6 is 0 Å². The number of anilines is 6. The Morgan fingerprint density at radius 3 is 1.52 bits per heavy atom. The molecule has 0 aliphatic carbocycles. The van der Waals surface area contributed by atoms with Crippen molar-refractivity contribution in [1.82, 2.24) is 14.1 Å².